The van der Waals surface area contributed by atoms with Gasteiger partial charge in [0.2, 0.25) is 5.91 Å². The lowest BCUT2D eigenvalue weighted by atomic mass is 9.97. The molecule has 1 aliphatic heterocycles. The fourth-order valence-corrected chi connectivity index (χ4v) is 3.58. The van der Waals surface area contributed by atoms with Crippen LogP contribution in [0.3, 0.4) is 0 Å². The highest BCUT2D eigenvalue weighted by Gasteiger charge is 2.19. The monoisotopic (exact) mass is 399 g/mol. The van der Waals surface area contributed by atoms with Gasteiger partial charge in [0.15, 0.2) is 12.4 Å². The van der Waals surface area contributed by atoms with E-state index in [1.165, 1.54) is 12.4 Å². The highest BCUT2D eigenvalue weighted by molar-refractivity contribution is 5.96. The van der Waals surface area contributed by atoms with Crippen molar-refractivity contribution in [1.29, 1.82) is 0 Å². The number of hydrogen-bond acceptors (Lipinski definition) is 3. The van der Waals surface area contributed by atoms with Gasteiger partial charge in [-0.1, -0.05) is 30.3 Å². The second kappa shape index (κ2) is 8.21. The van der Waals surface area contributed by atoms with Crippen LogP contribution in [0.2, 0.25) is 0 Å². The normalized spacial score (nSPS) is 13.6. The summed E-state index contributed by atoms with van der Waals surface area (Å²) in [6.45, 7) is 1.12. The van der Waals surface area contributed by atoms with Crippen LogP contribution in [-0.2, 0) is 0 Å². The SMILES string of the molecule is NC(=O)c1cccc(C2=CCN(C(=O)c3ccc(-c4cc[n+]([O-])cc4)cc3)CC2)c1. The minimum atomic E-state index is -0.448. The first-order chi connectivity index (χ1) is 14.5. The van der Waals surface area contributed by atoms with E-state index in [9.17, 15) is 14.8 Å². The van der Waals surface area contributed by atoms with Crippen molar-refractivity contribution in [2.45, 2.75) is 6.42 Å². The van der Waals surface area contributed by atoms with Crippen molar-refractivity contribution in [2.24, 2.45) is 5.73 Å². The molecule has 150 valence electrons. The van der Waals surface area contributed by atoms with E-state index in [4.69, 9.17) is 5.73 Å². The molecule has 0 aliphatic carbocycles. The number of hydrogen-bond donors (Lipinski definition) is 1. The Labute approximate surface area is 174 Å². The molecule has 1 aromatic heterocycles. The Morgan fingerprint density at radius 1 is 0.900 bits per heavy atom. The molecule has 2 aromatic carbocycles. The van der Waals surface area contributed by atoms with Gasteiger partial charge in [-0.2, -0.15) is 4.73 Å². The zero-order chi connectivity index (χ0) is 21.1. The van der Waals surface area contributed by atoms with Gasteiger partial charge in [0.25, 0.3) is 5.91 Å². The summed E-state index contributed by atoms with van der Waals surface area (Å²) >= 11 is 0. The Kier molecular flexibility index (Phi) is 5.30. The third kappa shape index (κ3) is 4.07. The summed E-state index contributed by atoms with van der Waals surface area (Å²) in [5.41, 5.74) is 10.4. The number of rotatable bonds is 4. The molecule has 0 bridgehead atoms. The van der Waals surface area contributed by atoms with Crippen LogP contribution in [0.15, 0.2) is 79.1 Å². The molecule has 0 fully saturated rings. The smallest absolute Gasteiger partial charge is 0.254 e. The van der Waals surface area contributed by atoms with E-state index in [0.717, 1.165) is 27.0 Å². The van der Waals surface area contributed by atoms with Crippen molar-refractivity contribution < 1.29 is 14.3 Å². The summed E-state index contributed by atoms with van der Waals surface area (Å²) in [5.74, 6) is -0.468. The van der Waals surface area contributed by atoms with E-state index in [1.54, 1.807) is 29.2 Å². The number of aromatic nitrogens is 1. The Morgan fingerprint density at radius 3 is 2.23 bits per heavy atom. The van der Waals surface area contributed by atoms with Crippen LogP contribution < -0.4 is 10.5 Å². The third-order valence-corrected chi connectivity index (χ3v) is 5.28. The summed E-state index contributed by atoms with van der Waals surface area (Å²) < 4.78 is 0.740. The highest BCUT2D eigenvalue weighted by atomic mass is 16.5. The molecule has 6 nitrogen and oxygen atoms in total. The number of amides is 2. The average Bonchev–Trinajstić information content (AvgIpc) is 2.79. The first kappa shape index (κ1) is 19.4. The van der Waals surface area contributed by atoms with Crippen molar-refractivity contribution in [1.82, 2.24) is 4.90 Å². The lowest BCUT2D eigenvalue weighted by Crippen LogP contribution is -2.34. The minimum absolute atomic E-state index is 0.0202. The summed E-state index contributed by atoms with van der Waals surface area (Å²) in [4.78, 5) is 26.1. The Hall–Kier alpha value is -3.93. The molecule has 0 atom stereocenters. The van der Waals surface area contributed by atoms with Crippen LogP contribution in [0.1, 0.15) is 32.7 Å². The molecule has 2 amide bonds. The summed E-state index contributed by atoms with van der Waals surface area (Å²) in [6.07, 6.45) is 5.64. The van der Waals surface area contributed by atoms with Gasteiger partial charge >= 0.3 is 0 Å². The predicted molar refractivity (Wildman–Crippen MR) is 114 cm³/mol. The Balaban J connectivity index is 1.45. The average molecular weight is 399 g/mol. The number of benzene rings is 2. The molecule has 30 heavy (non-hydrogen) atoms. The van der Waals surface area contributed by atoms with Gasteiger partial charge in [0.05, 0.1) is 0 Å². The van der Waals surface area contributed by atoms with Crippen molar-refractivity contribution in [2.75, 3.05) is 13.1 Å². The molecule has 0 saturated carbocycles. The second-order valence-electron chi connectivity index (χ2n) is 7.20. The first-order valence-corrected chi connectivity index (χ1v) is 9.69. The second-order valence-corrected chi connectivity index (χ2v) is 7.20. The maximum atomic E-state index is 12.9. The molecule has 0 unspecified atom stereocenters. The van der Waals surface area contributed by atoms with Crippen molar-refractivity contribution in [3.05, 3.63) is 101 Å². The van der Waals surface area contributed by atoms with Crippen molar-refractivity contribution in [3.63, 3.8) is 0 Å². The van der Waals surface area contributed by atoms with Gasteiger partial charge in [-0.05, 0) is 52.9 Å². The molecule has 0 spiro atoms. The molecule has 0 radical (unpaired) electrons. The lowest BCUT2D eigenvalue weighted by molar-refractivity contribution is -0.605. The van der Waals surface area contributed by atoms with Crippen LogP contribution in [0, 0.1) is 5.21 Å². The zero-order valence-electron chi connectivity index (χ0n) is 16.3. The Morgan fingerprint density at radius 2 is 1.60 bits per heavy atom. The maximum absolute atomic E-state index is 12.9. The van der Waals surface area contributed by atoms with Crippen LogP contribution in [0.4, 0.5) is 0 Å². The number of carbonyl (C=O) groups excluding carboxylic acids is 2. The molecule has 4 rings (SSSR count). The fraction of sp³-hybridized carbons (Fsp3) is 0.125. The molecule has 2 N–H and O–H groups in total. The van der Waals surface area contributed by atoms with Gasteiger partial charge < -0.3 is 15.8 Å². The minimum Gasteiger partial charge on any atom is -0.619 e. The van der Waals surface area contributed by atoms with Gasteiger partial charge in [-0.3, -0.25) is 9.59 Å². The Bertz CT molecular complexity index is 1120. The highest BCUT2D eigenvalue weighted by Crippen LogP contribution is 2.25. The van der Waals surface area contributed by atoms with Gasteiger partial charge in [-0.15, -0.1) is 0 Å². The van der Waals surface area contributed by atoms with E-state index in [1.807, 2.05) is 42.5 Å². The van der Waals surface area contributed by atoms with Crippen LogP contribution in [-0.4, -0.2) is 29.8 Å². The van der Waals surface area contributed by atoms with Crippen LogP contribution in [0.25, 0.3) is 16.7 Å². The largest absolute Gasteiger partial charge is 0.619 e. The standard InChI is InChI=1S/C24H21N3O3/c25-23(28)22-3-1-2-21(16-22)19-8-12-26(13-9-19)24(29)20-6-4-17(5-7-20)18-10-14-27(30)15-11-18/h1-8,10-11,14-16H,9,12-13H2,(H2,25,28). The molecule has 2 heterocycles. The van der Waals surface area contributed by atoms with E-state index in [0.29, 0.717) is 30.6 Å². The van der Waals surface area contributed by atoms with Gasteiger partial charge in [0, 0.05) is 36.3 Å². The fourth-order valence-electron chi connectivity index (χ4n) is 3.58. The summed E-state index contributed by atoms with van der Waals surface area (Å²) in [7, 11) is 0. The third-order valence-electron chi connectivity index (χ3n) is 5.28. The van der Waals surface area contributed by atoms with E-state index in [-0.39, 0.29) is 5.91 Å². The van der Waals surface area contributed by atoms with Crippen LogP contribution >= 0.6 is 0 Å². The zero-order valence-corrected chi connectivity index (χ0v) is 16.3. The number of nitrogens with zero attached hydrogens (tertiary/aromatic N) is 2. The van der Waals surface area contributed by atoms with Gasteiger partial charge in [-0.25, -0.2) is 0 Å². The topological polar surface area (TPSA) is 90.3 Å². The number of carbonyl (C=O) groups is 2. The van der Waals surface area contributed by atoms with Crippen LogP contribution in [0.5, 0.6) is 0 Å². The summed E-state index contributed by atoms with van der Waals surface area (Å²) in [5, 5.41) is 11.2. The number of primary amides is 1. The van der Waals surface area contributed by atoms with E-state index >= 15 is 0 Å². The maximum Gasteiger partial charge on any atom is 0.254 e. The quantitative estimate of drug-likeness (QED) is 0.540. The van der Waals surface area contributed by atoms with E-state index in [2.05, 4.69) is 0 Å². The number of pyridine rings is 1. The molecule has 1 aliphatic rings. The molecular weight excluding hydrogens is 378 g/mol. The first-order valence-electron chi connectivity index (χ1n) is 9.69. The summed E-state index contributed by atoms with van der Waals surface area (Å²) in [6, 6.07) is 18.1. The molecule has 3 aromatic rings. The lowest BCUT2D eigenvalue weighted by Gasteiger charge is -2.27. The van der Waals surface area contributed by atoms with Crippen molar-refractivity contribution in [3.8, 4) is 11.1 Å². The number of nitrogens with two attached hydrogens (primary N) is 1. The predicted octanol–water partition coefficient (Wildman–Crippen LogP) is 3.02. The molecule has 6 heteroatoms. The van der Waals surface area contributed by atoms with Crippen molar-refractivity contribution >= 4 is 17.4 Å². The molecular formula is C24H21N3O3. The molecule has 0 saturated heterocycles. The van der Waals surface area contributed by atoms with E-state index < -0.39 is 5.91 Å². The van der Waals surface area contributed by atoms with Gasteiger partial charge in [0.1, 0.15) is 0 Å².